The number of amides is 3. The number of hydrazone groups is 1. The minimum absolute atomic E-state index is 0.242. The zero-order valence-electron chi connectivity index (χ0n) is 19.5. The number of ether oxygens (including phenoxy) is 1. The van der Waals surface area contributed by atoms with Crippen LogP contribution in [0.5, 0.6) is 5.75 Å². The highest BCUT2D eigenvalue weighted by Crippen LogP contribution is 2.38. The van der Waals surface area contributed by atoms with Crippen LogP contribution in [0.15, 0.2) is 53.6 Å². The molecule has 3 aromatic rings. The van der Waals surface area contributed by atoms with E-state index in [-0.39, 0.29) is 11.5 Å². The molecule has 186 valence electrons. The largest absolute Gasteiger partial charge is 0.481 e. The summed E-state index contributed by atoms with van der Waals surface area (Å²) in [6.45, 7) is 1.54. The van der Waals surface area contributed by atoms with Crippen molar-refractivity contribution in [3.63, 3.8) is 0 Å². The Bertz CT molecular complexity index is 1320. The first kappa shape index (κ1) is 25.1. The topological polar surface area (TPSA) is 123 Å². The van der Waals surface area contributed by atoms with Gasteiger partial charge in [-0.2, -0.15) is 5.10 Å². The van der Waals surface area contributed by atoms with Gasteiger partial charge in [-0.05, 0) is 68.5 Å². The summed E-state index contributed by atoms with van der Waals surface area (Å²) in [7, 11) is 0. The smallest absolute Gasteiger partial charge is 0.280 e. The molecule has 0 radical (unpaired) electrons. The second-order valence-corrected chi connectivity index (χ2v) is 9.38. The summed E-state index contributed by atoms with van der Waals surface area (Å²) in [5.74, 6) is -1.52. The number of carbonyl (C=O) groups is 3. The molecule has 2 aromatic carbocycles. The third-order valence-corrected chi connectivity index (χ3v) is 6.93. The monoisotopic (exact) mass is 508 g/mol. The van der Waals surface area contributed by atoms with Crippen molar-refractivity contribution in [1.82, 2.24) is 5.43 Å². The predicted molar refractivity (Wildman–Crippen MR) is 136 cm³/mol. The highest BCUT2D eigenvalue weighted by molar-refractivity contribution is 7.17. The first-order valence-electron chi connectivity index (χ1n) is 11.4. The van der Waals surface area contributed by atoms with E-state index in [1.807, 2.05) is 0 Å². The normalized spacial score (nSPS) is 13.6. The highest BCUT2D eigenvalue weighted by atomic mass is 32.1. The molecule has 0 saturated carbocycles. The van der Waals surface area contributed by atoms with Crippen molar-refractivity contribution in [1.29, 1.82) is 0 Å². The van der Waals surface area contributed by atoms with E-state index in [4.69, 9.17) is 10.5 Å². The minimum atomic E-state index is -0.891. The molecule has 0 fully saturated rings. The molecule has 1 aliphatic carbocycles. The van der Waals surface area contributed by atoms with E-state index >= 15 is 0 Å². The zero-order chi connectivity index (χ0) is 25.7. The van der Waals surface area contributed by atoms with E-state index in [1.165, 1.54) is 29.7 Å². The number of primary amides is 1. The van der Waals surface area contributed by atoms with Crippen LogP contribution < -0.4 is 21.2 Å². The predicted octanol–water partition coefficient (Wildman–Crippen LogP) is 4.03. The Morgan fingerprint density at radius 2 is 1.83 bits per heavy atom. The molecule has 1 unspecified atom stereocenters. The van der Waals surface area contributed by atoms with Crippen LogP contribution in [0.25, 0.3) is 0 Å². The number of benzene rings is 2. The molecular weight excluding hydrogens is 483 g/mol. The van der Waals surface area contributed by atoms with Gasteiger partial charge in [0.05, 0.1) is 11.8 Å². The molecular formula is C26H25FN4O4S. The number of aryl methyl sites for hydroxylation is 1. The Morgan fingerprint density at radius 3 is 2.56 bits per heavy atom. The number of nitrogens with one attached hydrogen (secondary N) is 2. The average Bonchev–Trinajstić information content (AvgIpc) is 3.23. The van der Waals surface area contributed by atoms with Crippen molar-refractivity contribution < 1.29 is 23.5 Å². The van der Waals surface area contributed by atoms with E-state index in [2.05, 4.69) is 15.8 Å². The second kappa shape index (κ2) is 11.1. The lowest BCUT2D eigenvalue weighted by Gasteiger charge is -2.13. The third kappa shape index (κ3) is 5.77. The lowest BCUT2D eigenvalue weighted by Crippen LogP contribution is -2.33. The van der Waals surface area contributed by atoms with Gasteiger partial charge in [0.15, 0.2) is 6.10 Å². The molecule has 0 spiro atoms. The molecule has 0 saturated heterocycles. The number of fused-ring (bicyclic) bond motifs is 1. The van der Waals surface area contributed by atoms with Gasteiger partial charge in [0.1, 0.15) is 16.6 Å². The quantitative estimate of drug-likeness (QED) is 0.314. The Hall–Kier alpha value is -4.05. The maximum atomic E-state index is 13.6. The second-order valence-electron chi connectivity index (χ2n) is 8.27. The van der Waals surface area contributed by atoms with E-state index in [0.29, 0.717) is 21.9 Å². The summed E-state index contributed by atoms with van der Waals surface area (Å²) in [4.78, 5) is 38.2. The number of anilines is 1. The van der Waals surface area contributed by atoms with Crippen LogP contribution >= 0.6 is 11.3 Å². The summed E-state index contributed by atoms with van der Waals surface area (Å²) >= 11 is 1.40. The Balaban J connectivity index is 1.35. The number of halogens is 1. The summed E-state index contributed by atoms with van der Waals surface area (Å²) < 4.78 is 19.2. The van der Waals surface area contributed by atoms with Crippen molar-refractivity contribution in [2.75, 3.05) is 5.32 Å². The van der Waals surface area contributed by atoms with Crippen LogP contribution in [0, 0.1) is 5.82 Å². The molecule has 36 heavy (non-hydrogen) atoms. The van der Waals surface area contributed by atoms with Crippen LogP contribution in [0.3, 0.4) is 0 Å². The first-order chi connectivity index (χ1) is 17.3. The van der Waals surface area contributed by atoms with Gasteiger partial charge in [0.2, 0.25) is 0 Å². The molecule has 0 aliphatic heterocycles. The molecule has 4 N–H and O–H groups in total. The lowest BCUT2D eigenvalue weighted by molar-refractivity contribution is -0.127. The number of hydrogen-bond donors (Lipinski definition) is 3. The Kier molecular flexibility index (Phi) is 7.74. The van der Waals surface area contributed by atoms with Gasteiger partial charge in [-0.15, -0.1) is 11.3 Å². The summed E-state index contributed by atoms with van der Waals surface area (Å²) in [6, 6.07) is 12.3. The molecule has 0 bridgehead atoms. The van der Waals surface area contributed by atoms with E-state index in [9.17, 15) is 18.8 Å². The summed E-state index contributed by atoms with van der Waals surface area (Å²) in [5, 5.41) is 7.05. The van der Waals surface area contributed by atoms with Gasteiger partial charge < -0.3 is 15.8 Å². The maximum Gasteiger partial charge on any atom is 0.280 e. The van der Waals surface area contributed by atoms with Crippen LogP contribution in [-0.2, 0) is 17.6 Å². The van der Waals surface area contributed by atoms with Crippen molar-refractivity contribution in [2.24, 2.45) is 10.8 Å². The lowest BCUT2D eigenvalue weighted by atomic mass is 9.95. The molecule has 1 aliphatic rings. The van der Waals surface area contributed by atoms with Crippen molar-refractivity contribution in [2.45, 2.75) is 38.7 Å². The molecule has 3 amide bonds. The van der Waals surface area contributed by atoms with Gasteiger partial charge >= 0.3 is 0 Å². The molecule has 10 heteroatoms. The summed E-state index contributed by atoms with van der Waals surface area (Å²) in [5.41, 5.74) is 9.85. The van der Waals surface area contributed by atoms with Crippen LogP contribution in [0.2, 0.25) is 0 Å². The highest BCUT2D eigenvalue weighted by Gasteiger charge is 2.25. The number of nitrogens with two attached hydrogens (primary N) is 1. The zero-order valence-corrected chi connectivity index (χ0v) is 20.4. The van der Waals surface area contributed by atoms with Crippen LogP contribution in [0.4, 0.5) is 9.39 Å². The van der Waals surface area contributed by atoms with Gasteiger partial charge in [0, 0.05) is 16.0 Å². The van der Waals surface area contributed by atoms with Gasteiger partial charge in [0.25, 0.3) is 17.7 Å². The van der Waals surface area contributed by atoms with Crippen molar-refractivity contribution in [3.8, 4) is 5.75 Å². The standard InChI is InChI=1S/C26H25FN4O4S/c1-15(24(33)31-29-14-17-6-2-4-8-20(17)27)35-18-12-10-16(11-13-18)25(34)30-26-22(23(28)32)19-7-3-5-9-21(19)36-26/h2,4,6,8,10-15H,3,5,7,9H2,1H3,(H2,28,32)(H,30,34)(H,31,33)/b29-14+. The van der Waals surface area contributed by atoms with E-state index in [1.54, 1.807) is 43.3 Å². The fraction of sp³-hybridized carbons (Fsp3) is 0.231. The van der Waals surface area contributed by atoms with Crippen LogP contribution in [0.1, 0.15) is 56.5 Å². The average molecular weight is 509 g/mol. The fourth-order valence-electron chi connectivity index (χ4n) is 3.87. The van der Waals surface area contributed by atoms with E-state index in [0.717, 1.165) is 36.1 Å². The molecule has 1 heterocycles. The number of hydrogen-bond acceptors (Lipinski definition) is 6. The molecule has 4 rings (SSSR count). The minimum Gasteiger partial charge on any atom is -0.481 e. The van der Waals surface area contributed by atoms with Crippen molar-refractivity contribution in [3.05, 3.63) is 81.5 Å². The number of rotatable bonds is 8. The maximum absolute atomic E-state index is 13.6. The fourth-order valence-corrected chi connectivity index (χ4v) is 5.16. The van der Waals surface area contributed by atoms with Gasteiger partial charge in [-0.3, -0.25) is 14.4 Å². The summed E-state index contributed by atoms with van der Waals surface area (Å²) in [6.07, 6.45) is 4.02. The molecule has 8 nitrogen and oxygen atoms in total. The Labute approximate surface area is 211 Å². The van der Waals surface area contributed by atoms with Crippen molar-refractivity contribution >= 4 is 40.3 Å². The number of carbonyl (C=O) groups excluding carboxylic acids is 3. The molecule has 1 atom stereocenters. The van der Waals surface area contributed by atoms with Gasteiger partial charge in [-0.25, -0.2) is 9.82 Å². The van der Waals surface area contributed by atoms with E-state index < -0.39 is 23.7 Å². The first-order valence-corrected chi connectivity index (χ1v) is 12.2. The van der Waals surface area contributed by atoms with Crippen LogP contribution in [-0.4, -0.2) is 30.0 Å². The number of nitrogens with zero attached hydrogens (tertiary/aromatic N) is 1. The number of thiophene rings is 1. The SMILES string of the molecule is CC(Oc1ccc(C(=O)Nc2sc3c(c2C(N)=O)CCCC3)cc1)C(=O)N/N=C/c1ccccc1F. The third-order valence-electron chi connectivity index (χ3n) is 5.73. The Morgan fingerprint density at radius 1 is 1.11 bits per heavy atom. The van der Waals surface area contributed by atoms with Gasteiger partial charge in [-0.1, -0.05) is 18.2 Å². The molecule has 1 aromatic heterocycles.